The van der Waals surface area contributed by atoms with E-state index in [1.54, 1.807) is 24.3 Å². The van der Waals surface area contributed by atoms with Crippen LogP contribution in [0, 0.1) is 5.82 Å². The van der Waals surface area contributed by atoms with Crippen molar-refractivity contribution in [1.29, 1.82) is 0 Å². The van der Waals surface area contributed by atoms with Gasteiger partial charge >= 0.3 is 0 Å². The van der Waals surface area contributed by atoms with Crippen LogP contribution < -0.4 is 9.62 Å². The number of nitrogens with one attached hydrogen (secondary N) is 1. The lowest BCUT2D eigenvalue weighted by molar-refractivity contribution is -0.142. The molecule has 0 spiro atoms. The van der Waals surface area contributed by atoms with Crippen molar-refractivity contribution in [2.45, 2.75) is 58.2 Å². The van der Waals surface area contributed by atoms with Gasteiger partial charge in [0.1, 0.15) is 11.9 Å². The fourth-order valence-electron chi connectivity index (χ4n) is 4.50. The molecule has 1 N–H and O–H groups in total. The first-order chi connectivity index (χ1) is 19.7. The Morgan fingerprint density at radius 3 is 2.10 bits per heavy atom. The Morgan fingerprint density at radius 1 is 0.929 bits per heavy atom. The van der Waals surface area contributed by atoms with Gasteiger partial charge in [-0.05, 0) is 57.0 Å². The second-order valence-electron chi connectivity index (χ2n) is 11.1. The van der Waals surface area contributed by atoms with E-state index in [9.17, 15) is 22.4 Å². The molecule has 2 amide bonds. The van der Waals surface area contributed by atoms with Crippen molar-refractivity contribution >= 4 is 50.7 Å². The number of halogens is 3. The number of carbonyl (C=O) groups excluding carboxylic acids is 2. The minimum absolute atomic E-state index is 0.0461. The third-order valence-corrected chi connectivity index (χ3v) is 8.32. The van der Waals surface area contributed by atoms with Crippen LogP contribution in [0.15, 0.2) is 72.8 Å². The lowest BCUT2D eigenvalue weighted by Crippen LogP contribution is -2.54. The van der Waals surface area contributed by atoms with E-state index in [0.717, 1.165) is 16.1 Å². The van der Waals surface area contributed by atoms with Crippen molar-refractivity contribution in [3.8, 4) is 0 Å². The Hall–Kier alpha value is -3.14. The first-order valence-electron chi connectivity index (χ1n) is 13.5. The lowest BCUT2D eigenvalue weighted by Gasteiger charge is -2.34. The molecule has 0 saturated heterocycles. The molecule has 0 radical (unpaired) electrons. The van der Waals surface area contributed by atoms with Gasteiger partial charge in [-0.25, -0.2) is 12.8 Å². The molecule has 0 aliphatic heterocycles. The molecule has 1 unspecified atom stereocenters. The highest BCUT2D eigenvalue weighted by molar-refractivity contribution is 7.92. The average molecular weight is 637 g/mol. The van der Waals surface area contributed by atoms with Gasteiger partial charge in [0.15, 0.2) is 0 Å². The van der Waals surface area contributed by atoms with Crippen molar-refractivity contribution in [3.05, 3.63) is 99.8 Å². The van der Waals surface area contributed by atoms with Gasteiger partial charge in [0.2, 0.25) is 21.8 Å². The van der Waals surface area contributed by atoms with Gasteiger partial charge in [0, 0.05) is 47.1 Å². The molecule has 0 heterocycles. The van der Waals surface area contributed by atoms with E-state index in [1.807, 2.05) is 51.1 Å². The predicted molar refractivity (Wildman–Crippen MR) is 167 cm³/mol. The molecule has 226 valence electrons. The van der Waals surface area contributed by atoms with E-state index in [2.05, 4.69) is 5.32 Å². The van der Waals surface area contributed by atoms with Gasteiger partial charge in [-0.1, -0.05) is 71.7 Å². The maximum absolute atomic E-state index is 14.5. The fourth-order valence-corrected chi connectivity index (χ4v) is 5.98. The number of nitrogens with zero attached hydrogens (tertiary/aromatic N) is 2. The highest BCUT2D eigenvalue weighted by atomic mass is 35.5. The maximum atomic E-state index is 14.5. The van der Waals surface area contributed by atoms with Gasteiger partial charge in [-0.3, -0.25) is 13.9 Å². The van der Waals surface area contributed by atoms with Gasteiger partial charge in [0.05, 0.1) is 11.9 Å². The molecule has 0 fully saturated rings. The summed E-state index contributed by atoms with van der Waals surface area (Å²) in [5, 5.41) is 3.67. The molecule has 7 nitrogen and oxygen atoms in total. The third kappa shape index (κ3) is 9.44. The molecule has 11 heteroatoms. The number of sulfonamides is 1. The normalized spacial score (nSPS) is 12.5. The summed E-state index contributed by atoms with van der Waals surface area (Å²) in [6.07, 6.45) is 1.17. The van der Waals surface area contributed by atoms with Crippen LogP contribution in [0.25, 0.3) is 0 Å². The number of carbonyl (C=O) groups is 2. The summed E-state index contributed by atoms with van der Waals surface area (Å²) in [5.41, 5.74) is 0.661. The summed E-state index contributed by atoms with van der Waals surface area (Å²) in [6, 6.07) is 19.0. The van der Waals surface area contributed by atoms with Gasteiger partial charge in [-0.15, -0.1) is 0 Å². The van der Waals surface area contributed by atoms with Crippen molar-refractivity contribution in [1.82, 2.24) is 10.2 Å². The van der Waals surface area contributed by atoms with Crippen LogP contribution in [0.2, 0.25) is 10.0 Å². The Kier molecular flexibility index (Phi) is 11.4. The smallest absolute Gasteiger partial charge is 0.243 e. The van der Waals surface area contributed by atoms with Gasteiger partial charge < -0.3 is 10.2 Å². The highest BCUT2D eigenvalue weighted by Crippen LogP contribution is 2.28. The summed E-state index contributed by atoms with van der Waals surface area (Å²) in [5.74, 6) is -1.45. The van der Waals surface area contributed by atoms with Crippen molar-refractivity contribution in [2.75, 3.05) is 17.1 Å². The number of amides is 2. The number of para-hydroxylation sites is 1. The summed E-state index contributed by atoms with van der Waals surface area (Å²) in [6.45, 7) is 5.37. The zero-order valence-corrected chi connectivity index (χ0v) is 26.4. The van der Waals surface area contributed by atoms with E-state index in [4.69, 9.17) is 23.2 Å². The van der Waals surface area contributed by atoms with Gasteiger partial charge in [0.25, 0.3) is 0 Å². The first kappa shape index (κ1) is 33.4. The molecule has 0 saturated carbocycles. The third-order valence-electron chi connectivity index (χ3n) is 6.43. The van der Waals surface area contributed by atoms with Crippen LogP contribution in [-0.2, 0) is 32.6 Å². The monoisotopic (exact) mass is 635 g/mol. The van der Waals surface area contributed by atoms with Crippen LogP contribution >= 0.6 is 23.2 Å². The van der Waals surface area contributed by atoms with E-state index in [0.29, 0.717) is 15.6 Å². The Balaban J connectivity index is 1.96. The number of anilines is 1. The number of benzene rings is 3. The fraction of sp³-hybridized carbons (Fsp3) is 0.355. The zero-order valence-electron chi connectivity index (χ0n) is 24.1. The molecule has 0 aliphatic rings. The van der Waals surface area contributed by atoms with Crippen LogP contribution in [0.1, 0.15) is 44.7 Å². The van der Waals surface area contributed by atoms with Crippen molar-refractivity contribution < 1.29 is 22.4 Å². The second-order valence-corrected chi connectivity index (χ2v) is 13.8. The summed E-state index contributed by atoms with van der Waals surface area (Å²) in [7, 11) is -3.84. The molecule has 3 aromatic rings. The van der Waals surface area contributed by atoms with Crippen LogP contribution in [-0.4, -0.2) is 49.5 Å². The minimum atomic E-state index is -3.84. The SMILES string of the molecule is CC(C)(C)NC(=O)C(Cc1ccccc1)N(Cc1c(Cl)cccc1Cl)C(=O)CCCN(c1ccccc1F)S(C)(=O)=O. The average Bonchev–Trinajstić information content (AvgIpc) is 2.89. The van der Waals surface area contributed by atoms with Gasteiger partial charge in [-0.2, -0.15) is 0 Å². The van der Waals surface area contributed by atoms with Crippen LogP contribution in [0.5, 0.6) is 0 Å². The van der Waals surface area contributed by atoms with E-state index < -0.39 is 33.3 Å². The van der Waals surface area contributed by atoms with Crippen molar-refractivity contribution in [3.63, 3.8) is 0 Å². The number of rotatable bonds is 12. The highest BCUT2D eigenvalue weighted by Gasteiger charge is 2.33. The summed E-state index contributed by atoms with van der Waals surface area (Å²) < 4.78 is 40.5. The quantitative estimate of drug-likeness (QED) is 0.255. The topological polar surface area (TPSA) is 86.8 Å². The molecular weight excluding hydrogens is 600 g/mol. The maximum Gasteiger partial charge on any atom is 0.243 e. The molecule has 1 atom stereocenters. The van der Waals surface area contributed by atoms with Crippen LogP contribution in [0.4, 0.5) is 10.1 Å². The lowest BCUT2D eigenvalue weighted by atomic mass is 10.00. The second kappa shape index (κ2) is 14.4. The van der Waals surface area contributed by atoms with E-state index in [1.165, 1.54) is 23.1 Å². The van der Waals surface area contributed by atoms with Crippen LogP contribution in [0.3, 0.4) is 0 Å². The first-order valence-corrected chi connectivity index (χ1v) is 16.1. The summed E-state index contributed by atoms with van der Waals surface area (Å²) in [4.78, 5) is 29.1. The molecule has 3 aromatic carbocycles. The standard InChI is InChI=1S/C31H36Cl2FN3O4S/c1-31(2,3)35-30(39)28(20-22-12-6-5-7-13-22)36(21-23-24(32)14-10-15-25(23)33)29(38)18-11-19-37(42(4,40)41)27-17-9-8-16-26(27)34/h5-10,12-17,28H,11,18-21H2,1-4H3,(H,35,39). The van der Waals surface area contributed by atoms with E-state index in [-0.39, 0.29) is 43.9 Å². The zero-order chi connectivity index (χ0) is 31.1. The molecule has 3 rings (SSSR count). The minimum Gasteiger partial charge on any atom is -0.350 e. The molecule has 0 aromatic heterocycles. The Labute approximate surface area is 257 Å². The Morgan fingerprint density at radius 2 is 1.52 bits per heavy atom. The summed E-state index contributed by atoms with van der Waals surface area (Å²) >= 11 is 13.0. The Bertz CT molecular complexity index is 1480. The number of hydrogen-bond acceptors (Lipinski definition) is 4. The molecule has 0 aliphatic carbocycles. The largest absolute Gasteiger partial charge is 0.350 e. The van der Waals surface area contributed by atoms with E-state index >= 15 is 0 Å². The van der Waals surface area contributed by atoms with Crippen molar-refractivity contribution in [2.24, 2.45) is 0 Å². The molecule has 42 heavy (non-hydrogen) atoms. The molecular formula is C31H36Cl2FN3O4S. The predicted octanol–water partition coefficient (Wildman–Crippen LogP) is 6.23. The number of hydrogen-bond donors (Lipinski definition) is 1. The molecule has 0 bridgehead atoms.